The SMILES string of the molecule is O=C(/C=C/c1ccccc1Br)N1CCOCC1CO. The normalized spacial score (nSPS) is 19.9. The van der Waals surface area contributed by atoms with Crippen molar-refractivity contribution in [1.82, 2.24) is 4.90 Å². The third kappa shape index (κ3) is 3.65. The Morgan fingerprint density at radius 2 is 2.32 bits per heavy atom. The van der Waals surface area contributed by atoms with Crippen molar-refractivity contribution in [3.63, 3.8) is 0 Å². The number of hydrogen-bond donors (Lipinski definition) is 1. The second-order valence-corrected chi connectivity index (χ2v) is 5.15. The molecule has 0 bridgehead atoms. The van der Waals surface area contributed by atoms with Crippen molar-refractivity contribution in [2.75, 3.05) is 26.4 Å². The molecule has 0 aliphatic carbocycles. The molecule has 1 aliphatic rings. The van der Waals surface area contributed by atoms with Crippen LogP contribution in [0.15, 0.2) is 34.8 Å². The van der Waals surface area contributed by atoms with Gasteiger partial charge in [-0.2, -0.15) is 0 Å². The molecule has 1 aliphatic heterocycles. The first-order valence-electron chi connectivity index (χ1n) is 6.14. The van der Waals surface area contributed by atoms with Gasteiger partial charge in [0.25, 0.3) is 0 Å². The van der Waals surface area contributed by atoms with Gasteiger partial charge in [0.2, 0.25) is 5.91 Å². The minimum atomic E-state index is -0.245. The van der Waals surface area contributed by atoms with Gasteiger partial charge in [-0.3, -0.25) is 4.79 Å². The van der Waals surface area contributed by atoms with Crippen LogP contribution in [-0.2, 0) is 9.53 Å². The first kappa shape index (κ1) is 14.2. The summed E-state index contributed by atoms with van der Waals surface area (Å²) in [6.07, 6.45) is 3.31. The van der Waals surface area contributed by atoms with Gasteiger partial charge >= 0.3 is 0 Å². The molecule has 0 spiro atoms. The van der Waals surface area contributed by atoms with Crippen molar-refractivity contribution in [3.05, 3.63) is 40.4 Å². The summed E-state index contributed by atoms with van der Waals surface area (Å²) in [5.41, 5.74) is 0.949. The predicted molar refractivity (Wildman–Crippen MR) is 76.6 cm³/mol. The van der Waals surface area contributed by atoms with Crippen molar-refractivity contribution >= 4 is 27.9 Å². The standard InChI is InChI=1S/C14H16BrNO3/c15-13-4-2-1-3-11(13)5-6-14(18)16-7-8-19-10-12(16)9-17/h1-6,12,17H,7-10H2/b6-5+. The molecule has 1 atom stereocenters. The predicted octanol–water partition coefficient (Wildman–Crippen LogP) is 1.68. The largest absolute Gasteiger partial charge is 0.394 e. The van der Waals surface area contributed by atoms with Gasteiger partial charge in [0.05, 0.1) is 25.9 Å². The lowest BCUT2D eigenvalue weighted by molar-refractivity contribution is -0.136. The number of halogens is 1. The van der Waals surface area contributed by atoms with Crippen LogP contribution in [0.25, 0.3) is 6.08 Å². The summed E-state index contributed by atoms with van der Waals surface area (Å²) in [4.78, 5) is 13.8. The Bertz CT molecular complexity index is 476. The first-order valence-corrected chi connectivity index (χ1v) is 6.93. The fraction of sp³-hybridized carbons (Fsp3) is 0.357. The molecule has 1 unspecified atom stereocenters. The Hall–Kier alpha value is -1.17. The Morgan fingerprint density at radius 3 is 3.05 bits per heavy atom. The zero-order valence-electron chi connectivity index (χ0n) is 10.5. The number of rotatable bonds is 3. The summed E-state index contributed by atoms with van der Waals surface area (Å²) in [5.74, 6) is -0.0990. The highest BCUT2D eigenvalue weighted by Gasteiger charge is 2.25. The lowest BCUT2D eigenvalue weighted by Crippen LogP contribution is -2.49. The van der Waals surface area contributed by atoms with E-state index in [-0.39, 0.29) is 18.6 Å². The average molecular weight is 326 g/mol. The summed E-state index contributed by atoms with van der Waals surface area (Å²) in [5, 5.41) is 9.23. The van der Waals surface area contributed by atoms with E-state index in [1.54, 1.807) is 11.0 Å². The molecule has 1 saturated heterocycles. The van der Waals surface area contributed by atoms with Crippen molar-refractivity contribution in [3.8, 4) is 0 Å². The minimum Gasteiger partial charge on any atom is -0.394 e. The number of aliphatic hydroxyl groups excluding tert-OH is 1. The van der Waals surface area contributed by atoms with Crippen LogP contribution in [0.4, 0.5) is 0 Å². The molecule has 1 aromatic carbocycles. The number of morpholine rings is 1. The van der Waals surface area contributed by atoms with Gasteiger partial charge in [-0.25, -0.2) is 0 Å². The van der Waals surface area contributed by atoms with Crippen LogP contribution in [-0.4, -0.2) is 48.3 Å². The van der Waals surface area contributed by atoms with E-state index >= 15 is 0 Å². The maximum absolute atomic E-state index is 12.1. The summed E-state index contributed by atoms with van der Waals surface area (Å²) >= 11 is 3.43. The van der Waals surface area contributed by atoms with Gasteiger partial charge in [0, 0.05) is 17.1 Å². The van der Waals surface area contributed by atoms with Crippen LogP contribution in [0.3, 0.4) is 0 Å². The van der Waals surface area contributed by atoms with Crippen LogP contribution >= 0.6 is 15.9 Å². The molecule has 0 saturated carbocycles. The smallest absolute Gasteiger partial charge is 0.247 e. The molecule has 1 amide bonds. The monoisotopic (exact) mass is 325 g/mol. The Balaban J connectivity index is 2.06. The number of amides is 1. The van der Waals surface area contributed by atoms with Gasteiger partial charge < -0.3 is 14.7 Å². The van der Waals surface area contributed by atoms with E-state index < -0.39 is 0 Å². The van der Waals surface area contributed by atoms with Crippen LogP contribution in [0.1, 0.15) is 5.56 Å². The van der Waals surface area contributed by atoms with Gasteiger partial charge in [-0.05, 0) is 17.7 Å². The second kappa shape index (κ2) is 6.84. The molecule has 4 nitrogen and oxygen atoms in total. The number of nitrogens with zero attached hydrogens (tertiary/aromatic N) is 1. The molecular weight excluding hydrogens is 310 g/mol. The third-order valence-corrected chi connectivity index (χ3v) is 3.75. The van der Waals surface area contributed by atoms with E-state index in [0.717, 1.165) is 10.0 Å². The molecule has 1 fully saturated rings. The molecule has 1 aromatic rings. The minimum absolute atomic E-state index is 0.0748. The van der Waals surface area contributed by atoms with Crippen LogP contribution in [0, 0.1) is 0 Å². The maximum Gasteiger partial charge on any atom is 0.247 e. The molecular formula is C14H16BrNO3. The average Bonchev–Trinajstić information content (AvgIpc) is 2.46. The number of benzene rings is 1. The van der Waals surface area contributed by atoms with Crippen molar-refractivity contribution < 1.29 is 14.6 Å². The number of aliphatic hydroxyl groups is 1. The highest BCUT2D eigenvalue weighted by atomic mass is 79.9. The Kier molecular flexibility index (Phi) is 5.13. The summed E-state index contributed by atoms with van der Waals surface area (Å²) in [6, 6.07) is 7.45. The van der Waals surface area contributed by atoms with E-state index in [1.165, 1.54) is 6.08 Å². The zero-order valence-corrected chi connectivity index (χ0v) is 12.0. The summed E-state index contributed by atoms with van der Waals surface area (Å²) in [7, 11) is 0. The van der Waals surface area contributed by atoms with E-state index in [4.69, 9.17) is 4.74 Å². The molecule has 5 heteroatoms. The lowest BCUT2D eigenvalue weighted by Gasteiger charge is -2.33. The quantitative estimate of drug-likeness (QED) is 0.860. The highest BCUT2D eigenvalue weighted by Crippen LogP contribution is 2.17. The van der Waals surface area contributed by atoms with E-state index in [1.807, 2.05) is 24.3 Å². The van der Waals surface area contributed by atoms with Crippen LogP contribution < -0.4 is 0 Å². The molecule has 0 aromatic heterocycles. The zero-order chi connectivity index (χ0) is 13.7. The van der Waals surface area contributed by atoms with Crippen LogP contribution in [0.2, 0.25) is 0 Å². The van der Waals surface area contributed by atoms with E-state index in [2.05, 4.69) is 15.9 Å². The number of hydrogen-bond acceptors (Lipinski definition) is 3. The fourth-order valence-electron chi connectivity index (χ4n) is 1.96. The Morgan fingerprint density at radius 1 is 1.53 bits per heavy atom. The maximum atomic E-state index is 12.1. The molecule has 0 radical (unpaired) electrons. The lowest BCUT2D eigenvalue weighted by atomic mass is 10.2. The van der Waals surface area contributed by atoms with Gasteiger partial charge in [-0.15, -0.1) is 0 Å². The van der Waals surface area contributed by atoms with Gasteiger partial charge in [0.15, 0.2) is 0 Å². The fourth-order valence-corrected chi connectivity index (χ4v) is 2.38. The number of carbonyl (C=O) groups excluding carboxylic acids is 1. The van der Waals surface area contributed by atoms with Crippen molar-refractivity contribution in [2.45, 2.75) is 6.04 Å². The highest BCUT2D eigenvalue weighted by molar-refractivity contribution is 9.10. The molecule has 1 heterocycles. The van der Waals surface area contributed by atoms with E-state index in [0.29, 0.717) is 19.8 Å². The summed E-state index contributed by atoms with van der Waals surface area (Å²) in [6.45, 7) is 1.36. The number of carbonyl (C=O) groups is 1. The Labute approximate surface area is 120 Å². The van der Waals surface area contributed by atoms with Crippen molar-refractivity contribution in [2.24, 2.45) is 0 Å². The topological polar surface area (TPSA) is 49.8 Å². The van der Waals surface area contributed by atoms with Gasteiger partial charge in [-0.1, -0.05) is 34.1 Å². The van der Waals surface area contributed by atoms with Gasteiger partial charge in [0.1, 0.15) is 0 Å². The van der Waals surface area contributed by atoms with E-state index in [9.17, 15) is 9.90 Å². The van der Waals surface area contributed by atoms with Crippen LogP contribution in [0.5, 0.6) is 0 Å². The number of ether oxygens (including phenoxy) is 1. The summed E-state index contributed by atoms with van der Waals surface area (Å²) < 4.78 is 6.19. The first-order chi connectivity index (χ1) is 9.22. The second-order valence-electron chi connectivity index (χ2n) is 4.30. The third-order valence-electron chi connectivity index (χ3n) is 3.03. The molecule has 19 heavy (non-hydrogen) atoms. The molecule has 2 rings (SSSR count). The van der Waals surface area contributed by atoms with Crippen molar-refractivity contribution in [1.29, 1.82) is 0 Å². The molecule has 1 N–H and O–H groups in total. The molecule has 102 valence electrons.